The second-order valence-electron chi connectivity index (χ2n) is 3.02. The predicted octanol–water partition coefficient (Wildman–Crippen LogP) is 2.95. The Morgan fingerprint density at radius 2 is 2.21 bits per heavy atom. The number of aromatic nitrogens is 1. The van der Waals surface area contributed by atoms with E-state index in [-0.39, 0.29) is 0 Å². The van der Waals surface area contributed by atoms with Gasteiger partial charge in [-0.2, -0.15) is 5.26 Å². The maximum absolute atomic E-state index is 8.55. The lowest BCUT2D eigenvalue weighted by Gasteiger charge is -1.99. The molecule has 0 aliphatic carbocycles. The first-order valence-corrected chi connectivity index (χ1v) is 4.58. The summed E-state index contributed by atoms with van der Waals surface area (Å²) in [6.07, 6.45) is 2.04. The molecule has 0 saturated carbocycles. The van der Waals surface area contributed by atoms with Crippen LogP contribution < -0.4 is 0 Å². The lowest BCUT2D eigenvalue weighted by Crippen LogP contribution is -1.83. The van der Waals surface area contributed by atoms with Gasteiger partial charge in [0.1, 0.15) is 0 Å². The van der Waals surface area contributed by atoms with Crippen LogP contribution in [0.1, 0.15) is 5.56 Å². The molecule has 0 spiro atoms. The number of rotatable bonds is 1. The summed E-state index contributed by atoms with van der Waals surface area (Å²) in [6.45, 7) is 0. The van der Waals surface area contributed by atoms with Crippen molar-refractivity contribution < 1.29 is 0 Å². The zero-order chi connectivity index (χ0) is 9.97. The van der Waals surface area contributed by atoms with Crippen molar-refractivity contribution in [3.63, 3.8) is 0 Å². The Balaban J connectivity index is 2.59. The molecule has 0 atom stereocenters. The summed E-state index contributed by atoms with van der Waals surface area (Å²) < 4.78 is 0. The fourth-order valence-electron chi connectivity index (χ4n) is 1.36. The Morgan fingerprint density at radius 1 is 1.36 bits per heavy atom. The largest absolute Gasteiger partial charge is 0.255 e. The van der Waals surface area contributed by atoms with Gasteiger partial charge in [-0.3, -0.25) is 4.98 Å². The molecule has 2 aromatic rings. The predicted molar refractivity (Wildman–Crippen MR) is 56.1 cm³/mol. The summed E-state index contributed by atoms with van der Waals surface area (Å²) in [7, 11) is 0. The van der Waals surface area contributed by atoms with Gasteiger partial charge >= 0.3 is 0 Å². The lowest BCUT2D eigenvalue weighted by atomic mass is 10.1. The van der Waals surface area contributed by atoms with Gasteiger partial charge in [0, 0.05) is 11.6 Å². The summed E-state index contributed by atoms with van der Waals surface area (Å²) in [5.41, 5.74) is 1.89. The minimum Gasteiger partial charge on any atom is -0.255 e. The minimum absolute atomic E-state index is 0.419. The molecule has 0 aliphatic rings. The number of nitrogens with zero attached hydrogens (tertiary/aromatic N) is 2. The van der Waals surface area contributed by atoms with Gasteiger partial charge in [0.15, 0.2) is 0 Å². The fourth-order valence-corrected chi connectivity index (χ4v) is 1.52. The molecule has 0 aliphatic heterocycles. The molecule has 1 aromatic heterocycles. The van der Waals surface area contributed by atoms with Crippen LogP contribution in [0.25, 0.3) is 10.9 Å². The highest BCUT2D eigenvalue weighted by molar-refractivity contribution is 6.31. The summed E-state index contributed by atoms with van der Waals surface area (Å²) in [5, 5.41) is 10.1. The van der Waals surface area contributed by atoms with Gasteiger partial charge in [0.05, 0.1) is 23.0 Å². The van der Waals surface area contributed by atoms with E-state index in [4.69, 9.17) is 16.9 Å². The zero-order valence-corrected chi connectivity index (χ0v) is 8.12. The lowest BCUT2D eigenvalue weighted by molar-refractivity contribution is 1.27. The summed E-state index contributed by atoms with van der Waals surface area (Å²) >= 11 is 5.82. The first-order chi connectivity index (χ1) is 6.79. The number of hydrogen-bond acceptors (Lipinski definition) is 2. The maximum Gasteiger partial charge on any atom is 0.0703 e. The third-order valence-electron chi connectivity index (χ3n) is 2.00. The first kappa shape index (κ1) is 8.98. The molecule has 0 saturated heterocycles. The summed E-state index contributed by atoms with van der Waals surface area (Å²) in [4.78, 5) is 4.17. The Bertz CT molecular complexity index is 514. The van der Waals surface area contributed by atoms with E-state index < -0.39 is 0 Å². The van der Waals surface area contributed by atoms with Crippen LogP contribution in [0.3, 0.4) is 0 Å². The van der Waals surface area contributed by atoms with Crippen LogP contribution in [0.4, 0.5) is 0 Å². The highest BCUT2D eigenvalue weighted by Gasteiger charge is 1.98. The molecule has 2 nitrogen and oxygen atoms in total. The Kier molecular flexibility index (Phi) is 2.34. The van der Waals surface area contributed by atoms with E-state index in [9.17, 15) is 0 Å². The second kappa shape index (κ2) is 3.65. The van der Waals surface area contributed by atoms with Crippen LogP contribution in [-0.2, 0) is 6.42 Å². The molecule has 1 heterocycles. The standard InChI is InChI=1S/C11H7ClN2/c12-10-6-9-5-8(3-4-13)1-2-11(9)14-7-10/h1-2,5-7H,3H2. The Hall–Kier alpha value is -1.59. The second-order valence-corrected chi connectivity index (χ2v) is 3.45. The number of pyridine rings is 1. The van der Waals surface area contributed by atoms with Crippen molar-refractivity contribution in [2.45, 2.75) is 6.42 Å². The quantitative estimate of drug-likeness (QED) is 0.713. The smallest absolute Gasteiger partial charge is 0.0703 e. The van der Waals surface area contributed by atoms with Crippen LogP contribution in [0.15, 0.2) is 30.5 Å². The van der Waals surface area contributed by atoms with Crippen LogP contribution in [0.2, 0.25) is 5.02 Å². The number of halogens is 1. The van der Waals surface area contributed by atoms with Gasteiger partial charge in [-0.15, -0.1) is 0 Å². The van der Waals surface area contributed by atoms with Gasteiger partial charge in [0.2, 0.25) is 0 Å². The number of fused-ring (bicyclic) bond motifs is 1. The average molecular weight is 203 g/mol. The molecule has 0 N–H and O–H groups in total. The van der Waals surface area contributed by atoms with Crippen LogP contribution in [0.5, 0.6) is 0 Å². The van der Waals surface area contributed by atoms with Gasteiger partial charge in [-0.1, -0.05) is 17.7 Å². The minimum atomic E-state index is 0.419. The molecule has 1 aromatic carbocycles. The molecular formula is C11H7ClN2. The number of hydrogen-bond donors (Lipinski definition) is 0. The van der Waals surface area contributed by atoms with E-state index in [0.717, 1.165) is 16.5 Å². The number of nitriles is 1. The van der Waals surface area contributed by atoms with Crippen LogP contribution in [-0.4, -0.2) is 4.98 Å². The zero-order valence-electron chi connectivity index (χ0n) is 7.37. The topological polar surface area (TPSA) is 36.7 Å². The van der Waals surface area contributed by atoms with Gasteiger partial charge in [0.25, 0.3) is 0 Å². The fraction of sp³-hybridized carbons (Fsp3) is 0.0909. The van der Waals surface area contributed by atoms with Crippen molar-refractivity contribution in [1.29, 1.82) is 5.26 Å². The molecule has 3 heteroatoms. The van der Waals surface area contributed by atoms with E-state index >= 15 is 0 Å². The van der Waals surface area contributed by atoms with Crippen LogP contribution >= 0.6 is 11.6 Å². The van der Waals surface area contributed by atoms with E-state index in [1.165, 1.54) is 0 Å². The van der Waals surface area contributed by atoms with E-state index in [0.29, 0.717) is 11.4 Å². The maximum atomic E-state index is 8.55. The Labute approximate surface area is 86.8 Å². The van der Waals surface area contributed by atoms with Crippen molar-refractivity contribution in [3.8, 4) is 6.07 Å². The number of benzene rings is 1. The molecule has 0 unspecified atom stereocenters. The molecule has 14 heavy (non-hydrogen) atoms. The third-order valence-corrected chi connectivity index (χ3v) is 2.20. The van der Waals surface area contributed by atoms with Crippen molar-refractivity contribution in [2.24, 2.45) is 0 Å². The molecular weight excluding hydrogens is 196 g/mol. The van der Waals surface area contributed by atoms with Gasteiger partial charge in [-0.25, -0.2) is 0 Å². The molecule has 0 fully saturated rings. The molecule has 0 amide bonds. The highest BCUT2D eigenvalue weighted by Crippen LogP contribution is 2.18. The molecule has 68 valence electrons. The van der Waals surface area contributed by atoms with Crippen molar-refractivity contribution in [3.05, 3.63) is 41.0 Å². The van der Waals surface area contributed by atoms with Crippen molar-refractivity contribution >= 4 is 22.5 Å². The summed E-state index contributed by atoms with van der Waals surface area (Å²) in [6, 6.07) is 9.71. The molecule has 2 rings (SSSR count). The first-order valence-electron chi connectivity index (χ1n) is 4.21. The molecule has 0 bridgehead atoms. The van der Waals surface area contributed by atoms with Crippen LogP contribution in [0, 0.1) is 11.3 Å². The van der Waals surface area contributed by atoms with Crippen molar-refractivity contribution in [2.75, 3.05) is 0 Å². The highest BCUT2D eigenvalue weighted by atomic mass is 35.5. The molecule has 0 radical (unpaired) electrons. The van der Waals surface area contributed by atoms with E-state index in [1.807, 2.05) is 24.3 Å². The summed E-state index contributed by atoms with van der Waals surface area (Å²) in [5.74, 6) is 0. The van der Waals surface area contributed by atoms with Crippen molar-refractivity contribution in [1.82, 2.24) is 4.98 Å². The van der Waals surface area contributed by atoms with Gasteiger partial charge in [-0.05, 0) is 23.8 Å². The SMILES string of the molecule is N#CCc1ccc2ncc(Cl)cc2c1. The van der Waals surface area contributed by atoms with Gasteiger partial charge < -0.3 is 0 Å². The third kappa shape index (κ3) is 1.68. The average Bonchev–Trinajstić information content (AvgIpc) is 2.17. The normalized spacial score (nSPS) is 10.0. The Morgan fingerprint density at radius 3 is 3.00 bits per heavy atom. The monoisotopic (exact) mass is 202 g/mol. The van der Waals surface area contributed by atoms with E-state index in [2.05, 4.69) is 11.1 Å². The van der Waals surface area contributed by atoms with E-state index in [1.54, 1.807) is 6.20 Å².